The Hall–Kier alpha value is -2.01. The van der Waals surface area contributed by atoms with Crippen molar-refractivity contribution in [2.75, 3.05) is 11.9 Å². The lowest BCUT2D eigenvalue weighted by Gasteiger charge is -2.06. The third-order valence-corrected chi connectivity index (χ3v) is 2.54. The minimum absolute atomic E-state index is 0.612. The van der Waals surface area contributed by atoms with E-state index in [0.717, 1.165) is 18.7 Å². The number of hydrogen-bond donors (Lipinski definition) is 1. The number of unbranched alkanes of at least 4 members (excludes halogenated alkanes) is 1. The molecule has 2 aromatic carbocycles. The highest BCUT2D eigenvalue weighted by Crippen LogP contribution is 2.18. The van der Waals surface area contributed by atoms with Crippen molar-refractivity contribution in [1.29, 1.82) is 5.26 Å². The maximum atomic E-state index is 8.43. The first-order valence-electron chi connectivity index (χ1n) is 5.50. The van der Waals surface area contributed by atoms with Crippen LogP contribution in [0.5, 0.6) is 0 Å². The molecule has 0 unspecified atom stereocenters. The zero-order chi connectivity index (χ0) is 11.2. The number of rotatable bonds is 4. The second kappa shape index (κ2) is 5.18. The highest BCUT2D eigenvalue weighted by molar-refractivity contribution is 5.85. The zero-order valence-corrected chi connectivity index (χ0v) is 9.11. The van der Waals surface area contributed by atoms with Gasteiger partial charge in [-0.2, -0.15) is 5.26 Å². The van der Waals surface area contributed by atoms with E-state index < -0.39 is 0 Å². The summed E-state index contributed by atoms with van der Waals surface area (Å²) in [5.74, 6) is 0. The molecule has 0 saturated carbocycles. The van der Waals surface area contributed by atoms with Crippen LogP contribution in [0.2, 0.25) is 0 Å². The number of benzene rings is 2. The van der Waals surface area contributed by atoms with Gasteiger partial charge in [-0.25, -0.2) is 0 Å². The lowest BCUT2D eigenvalue weighted by Crippen LogP contribution is -2.00. The summed E-state index contributed by atoms with van der Waals surface area (Å²) in [6.07, 6.45) is 1.50. The summed E-state index contributed by atoms with van der Waals surface area (Å²) in [6.45, 7) is 0.853. The fourth-order valence-corrected chi connectivity index (χ4v) is 1.70. The van der Waals surface area contributed by atoms with Gasteiger partial charge in [-0.1, -0.05) is 30.3 Å². The molecule has 0 heterocycles. The van der Waals surface area contributed by atoms with E-state index in [0.29, 0.717) is 6.42 Å². The first kappa shape index (κ1) is 10.5. The van der Waals surface area contributed by atoms with Crippen LogP contribution in [0.3, 0.4) is 0 Å². The van der Waals surface area contributed by atoms with E-state index in [2.05, 4.69) is 41.7 Å². The van der Waals surface area contributed by atoms with Crippen LogP contribution in [0.1, 0.15) is 12.8 Å². The second-order valence-corrected chi connectivity index (χ2v) is 3.75. The third kappa shape index (κ3) is 2.52. The number of fused-ring (bicyclic) bond motifs is 1. The van der Waals surface area contributed by atoms with Gasteiger partial charge in [0.1, 0.15) is 0 Å². The number of hydrogen-bond acceptors (Lipinski definition) is 2. The van der Waals surface area contributed by atoms with Crippen LogP contribution < -0.4 is 5.32 Å². The Labute approximate surface area is 95.5 Å². The first-order chi connectivity index (χ1) is 7.90. The molecule has 0 amide bonds. The van der Waals surface area contributed by atoms with E-state index in [1.165, 1.54) is 10.8 Å². The van der Waals surface area contributed by atoms with Gasteiger partial charge >= 0.3 is 0 Å². The van der Waals surface area contributed by atoms with Crippen molar-refractivity contribution in [3.8, 4) is 6.07 Å². The molecule has 0 aromatic heterocycles. The average molecular weight is 210 g/mol. The molecule has 0 saturated heterocycles. The van der Waals surface area contributed by atoms with E-state index in [-0.39, 0.29) is 0 Å². The molecular formula is C14H14N2. The molecule has 2 aromatic rings. The summed E-state index contributed by atoms with van der Waals surface area (Å²) >= 11 is 0. The van der Waals surface area contributed by atoms with E-state index in [1.807, 2.05) is 12.1 Å². The Morgan fingerprint density at radius 1 is 1.06 bits per heavy atom. The minimum Gasteiger partial charge on any atom is -0.385 e. The fraction of sp³-hybridized carbons (Fsp3) is 0.214. The SMILES string of the molecule is N#CCCCNc1ccc2ccccc2c1. The van der Waals surface area contributed by atoms with E-state index in [1.54, 1.807) is 0 Å². The lowest BCUT2D eigenvalue weighted by atomic mass is 10.1. The predicted molar refractivity (Wildman–Crippen MR) is 67.3 cm³/mol. The Balaban J connectivity index is 2.05. The monoisotopic (exact) mass is 210 g/mol. The average Bonchev–Trinajstić information content (AvgIpc) is 2.34. The van der Waals surface area contributed by atoms with Gasteiger partial charge in [0, 0.05) is 18.7 Å². The molecule has 0 fully saturated rings. The maximum absolute atomic E-state index is 8.43. The molecule has 0 atom stereocenters. The van der Waals surface area contributed by atoms with Crippen molar-refractivity contribution < 1.29 is 0 Å². The predicted octanol–water partition coefficient (Wildman–Crippen LogP) is 3.56. The van der Waals surface area contributed by atoms with E-state index >= 15 is 0 Å². The van der Waals surface area contributed by atoms with E-state index in [4.69, 9.17) is 5.26 Å². The largest absolute Gasteiger partial charge is 0.385 e. The maximum Gasteiger partial charge on any atom is 0.0622 e. The molecule has 2 nitrogen and oxygen atoms in total. The smallest absolute Gasteiger partial charge is 0.0622 e. The lowest BCUT2D eigenvalue weighted by molar-refractivity contribution is 0.898. The molecule has 0 bridgehead atoms. The van der Waals surface area contributed by atoms with Crippen LogP contribution >= 0.6 is 0 Å². The first-order valence-corrected chi connectivity index (χ1v) is 5.50. The molecule has 2 heteroatoms. The summed E-state index contributed by atoms with van der Waals surface area (Å²) in [6, 6.07) is 16.8. The van der Waals surface area contributed by atoms with Crippen LogP contribution in [-0.4, -0.2) is 6.54 Å². The van der Waals surface area contributed by atoms with Crippen molar-refractivity contribution in [3.05, 3.63) is 42.5 Å². The van der Waals surface area contributed by atoms with Gasteiger partial charge in [-0.05, 0) is 29.3 Å². The van der Waals surface area contributed by atoms with E-state index in [9.17, 15) is 0 Å². The fourth-order valence-electron chi connectivity index (χ4n) is 1.70. The van der Waals surface area contributed by atoms with Crippen LogP contribution in [0, 0.1) is 11.3 Å². The Kier molecular flexibility index (Phi) is 3.40. The van der Waals surface area contributed by atoms with Crippen molar-refractivity contribution >= 4 is 16.5 Å². The summed E-state index contributed by atoms with van der Waals surface area (Å²) in [4.78, 5) is 0. The Bertz CT molecular complexity index is 511. The molecule has 80 valence electrons. The molecule has 2 rings (SSSR count). The summed E-state index contributed by atoms with van der Waals surface area (Å²) < 4.78 is 0. The van der Waals surface area contributed by atoms with Crippen LogP contribution in [0.25, 0.3) is 10.8 Å². The van der Waals surface area contributed by atoms with Crippen molar-refractivity contribution in [2.24, 2.45) is 0 Å². The van der Waals surface area contributed by atoms with Gasteiger partial charge in [0.2, 0.25) is 0 Å². The highest BCUT2D eigenvalue weighted by atomic mass is 14.9. The summed E-state index contributed by atoms with van der Waals surface area (Å²) in [5.41, 5.74) is 1.12. The van der Waals surface area contributed by atoms with Crippen molar-refractivity contribution in [2.45, 2.75) is 12.8 Å². The van der Waals surface area contributed by atoms with Crippen LogP contribution in [0.15, 0.2) is 42.5 Å². The Morgan fingerprint density at radius 2 is 1.88 bits per heavy atom. The minimum atomic E-state index is 0.612. The molecular weight excluding hydrogens is 196 g/mol. The van der Waals surface area contributed by atoms with Crippen molar-refractivity contribution in [3.63, 3.8) is 0 Å². The molecule has 0 aliphatic carbocycles. The zero-order valence-electron chi connectivity index (χ0n) is 9.11. The molecule has 1 N–H and O–H groups in total. The summed E-state index contributed by atoms with van der Waals surface area (Å²) in [7, 11) is 0. The quantitative estimate of drug-likeness (QED) is 0.783. The molecule has 0 aliphatic heterocycles. The van der Waals surface area contributed by atoms with Gasteiger partial charge in [-0.3, -0.25) is 0 Å². The van der Waals surface area contributed by atoms with Gasteiger partial charge < -0.3 is 5.32 Å². The highest BCUT2D eigenvalue weighted by Gasteiger charge is 1.94. The molecule has 16 heavy (non-hydrogen) atoms. The molecule has 0 radical (unpaired) electrons. The standard InChI is InChI=1S/C14H14N2/c15-9-3-4-10-16-14-8-7-12-5-1-2-6-13(12)11-14/h1-2,5-8,11,16H,3-4,10H2. The normalized spacial score (nSPS) is 9.94. The Morgan fingerprint density at radius 3 is 2.69 bits per heavy atom. The van der Waals surface area contributed by atoms with Gasteiger partial charge in [0.15, 0.2) is 0 Å². The summed E-state index contributed by atoms with van der Waals surface area (Å²) in [5, 5.41) is 14.2. The topological polar surface area (TPSA) is 35.8 Å². The van der Waals surface area contributed by atoms with Crippen LogP contribution in [-0.2, 0) is 0 Å². The van der Waals surface area contributed by atoms with Gasteiger partial charge in [0.25, 0.3) is 0 Å². The number of nitrogens with zero attached hydrogens (tertiary/aromatic N) is 1. The van der Waals surface area contributed by atoms with Crippen LogP contribution in [0.4, 0.5) is 5.69 Å². The molecule has 0 spiro atoms. The van der Waals surface area contributed by atoms with Crippen molar-refractivity contribution in [1.82, 2.24) is 0 Å². The number of anilines is 1. The third-order valence-electron chi connectivity index (χ3n) is 2.54. The molecule has 0 aliphatic rings. The second-order valence-electron chi connectivity index (χ2n) is 3.75. The number of nitrogens with one attached hydrogen (secondary N) is 1. The number of nitriles is 1. The van der Waals surface area contributed by atoms with Gasteiger partial charge in [-0.15, -0.1) is 0 Å². The van der Waals surface area contributed by atoms with Gasteiger partial charge in [0.05, 0.1) is 6.07 Å².